The number of hydrogen-bond donors (Lipinski definition) is 2. The standard InChI is InChI=1S/C12H17N3O4/c1-3-12(11(17)18)4-5-15(6-12)9-8(19-2)10(16)14-7-13-9/h7H,3-6H2,1-2H3,(H,17,18)(H,13,14,16). The van der Waals surface area contributed by atoms with Gasteiger partial charge in [0.05, 0.1) is 18.9 Å². The molecule has 1 fully saturated rings. The molecule has 2 N–H and O–H groups in total. The molecule has 2 rings (SSSR count). The minimum Gasteiger partial charge on any atom is -0.489 e. The zero-order chi connectivity index (χ0) is 14.0. The smallest absolute Gasteiger partial charge is 0.311 e. The molecule has 1 aliphatic rings. The summed E-state index contributed by atoms with van der Waals surface area (Å²) in [7, 11) is 1.40. The second-order valence-corrected chi connectivity index (χ2v) is 4.70. The van der Waals surface area contributed by atoms with Crippen LogP contribution in [-0.4, -0.2) is 41.2 Å². The van der Waals surface area contributed by atoms with Gasteiger partial charge in [-0.2, -0.15) is 0 Å². The van der Waals surface area contributed by atoms with Crippen LogP contribution in [0.4, 0.5) is 5.82 Å². The zero-order valence-corrected chi connectivity index (χ0v) is 11.0. The van der Waals surface area contributed by atoms with Crippen molar-refractivity contribution in [3.8, 4) is 5.75 Å². The number of rotatable bonds is 4. The summed E-state index contributed by atoms with van der Waals surface area (Å²) < 4.78 is 5.06. The highest BCUT2D eigenvalue weighted by atomic mass is 16.5. The first-order chi connectivity index (χ1) is 9.04. The van der Waals surface area contributed by atoms with Crippen molar-refractivity contribution in [3.63, 3.8) is 0 Å². The maximum absolute atomic E-state index is 11.6. The number of carboxylic acids is 1. The van der Waals surface area contributed by atoms with E-state index in [0.717, 1.165) is 0 Å². The van der Waals surface area contributed by atoms with Crippen LogP contribution >= 0.6 is 0 Å². The first-order valence-electron chi connectivity index (χ1n) is 6.14. The van der Waals surface area contributed by atoms with Gasteiger partial charge in [0.2, 0.25) is 5.75 Å². The molecular weight excluding hydrogens is 250 g/mol. The molecule has 0 spiro atoms. The van der Waals surface area contributed by atoms with Gasteiger partial charge >= 0.3 is 5.97 Å². The molecule has 7 heteroatoms. The van der Waals surface area contributed by atoms with Crippen molar-refractivity contribution in [2.75, 3.05) is 25.1 Å². The van der Waals surface area contributed by atoms with Gasteiger partial charge in [-0.1, -0.05) is 6.92 Å². The first-order valence-corrected chi connectivity index (χ1v) is 6.14. The Bertz CT molecular complexity index is 542. The lowest BCUT2D eigenvalue weighted by atomic mass is 9.84. The fourth-order valence-corrected chi connectivity index (χ4v) is 2.45. The SMILES string of the molecule is CCC1(C(=O)O)CCN(c2nc[nH]c(=O)c2OC)C1. The summed E-state index contributed by atoms with van der Waals surface area (Å²) in [5, 5.41) is 9.36. The van der Waals surface area contributed by atoms with E-state index in [4.69, 9.17) is 4.74 Å². The maximum atomic E-state index is 11.6. The van der Waals surface area contributed by atoms with E-state index < -0.39 is 11.4 Å². The molecule has 1 saturated heterocycles. The summed E-state index contributed by atoms with van der Waals surface area (Å²) in [4.78, 5) is 31.4. The molecule has 0 bridgehead atoms. The molecule has 0 radical (unpaired) electrons. The molecule has 0 amide bonds. The number of methoxy groups -OCH3 is 1. The summed E-state index contributed by atoms with van der Waals surface area (Å²) in [6.45, 7) is 2.75. The third-order valence-electron chi connectivity index (χ3n) is 3.78. The van der Waals surface area contributed by atoms with Crippen molar-refractivity contribution in [3.05, 3.63) is 16.7 Å². The molecule has 1 unspecified atom stereocenters. The van der Waals surface area contributed by atoms with E-state index in [0.29, 0.717) is 31.7 Å². The molecule has 1 aliphatic heterocycles. The molecule has 1 atom stereocenters. The fourth-order valence-electron chi connectivity index (χ4n) is 2.45. The fraction of sp³-hybridized carbons (Fsp3) is 0.583. The van der Waals surface area contributed by atoms with Crippen molar-refractivity contribution in [1.29, 1.82) is 0 Å². The van der Waals surface area contributed by atoms with E-state index in [1.165, 1.54) is 13.4 Å². The van der Waals surface area contributed by atoms with Crippen molar-refractivity contribution < 1.29 is 14.6 Å². The van der Waals surface area contributed by atoms with Gasteiger partial charge < -0.3 is 19.7 Å². The molecule has 2 heterocycles. The topological polar surface area (TPSA) is 95.5 Å². The first kappa shape index (κ1) is 13.4. The molecule has 1 aromatic heterocycles. The molecule has 0 aliphatic carbocycles. The van der Waals surface area contributed by atoms with Crippen LogP contribution in [0, 0.1) is 5.41 Å². The Morgan fingerprint density at radius 3 is 2.95 bits per heavy atom. The Balaban J connectivity index is 2.34. The predicted octanol–water partition coefficient (Wildman–Crippen LogP) is 0.470. The molecule has 19 heavy (non-hydrogen) atoms. The number of aliphatic carboxylic acids is 1. The van der Waals surface area contributed by atoms with Crippen LogP contribution in [0.1, 0.15) is 19.8 Å². The van der Waals surface area contributed by atoms with E-state index >= 15 is 0 Å². The van der Waals surface area contributed by atoms with E-state index in [2.05, 4.69) is 9.97 Å². The van der Waals surface area contributed by atoms with Gasteiger partial charge in [-0.15, -0.1) is 0 Å². The summed E-state index contributed by atoms with van der Waals surface area (Å²) in [6, 6.07) is 0. The van der Waals surface area contributed by atoms with Crippen LogP contribution in [0.3, 0.4) is 0 Å². The maximum Gasteiger partial charge on any atom is 0.311 e. The van der Waals surface area contributed by atoms with Crippen molar-refractivity contribution in [1.82, 2.24) is 9.97 Å². The monoisotopic (exact) mass is 267 g/mol. The van der Waals surface area contributed by atoms with Gasteiger partial charge in [0.25, 0.3) is 5.56 Å². The van der Waals surface area contributed by atoms with Crippen LogP contribution in [0.2, 0.25) is 0 Å². The number of hydrogen-bond acceptors (Lipinski definition) is 5. The van der Waals surface area contributed by atoms with Gasteiger partial charge in [-0.3, -0.25) is 9.59 Å². The highest BCUT2D eigenvalue weighted by Gasteiger charge is 2.44. The number of nitrogens with zero attached hydrogens (tertiary/aromatic N) is 2. The van der Waals surface area contributed by atoms with Crippen LogP contribution in [0.5, 0.6) is 5.75 Å². The summed E-state index contributed by atoms with van der Waals surface area (Å²) in [6.07, 6.45) is 2.38. The van der Waals surface area contributed by atoms with Crippen LogP contribution < -0.4 is 15.2 Å². The third-order valence-corrected chi connectivity index (χ3v) is 3.78. The van der Waals surface area contributed by atoms with Gasteiger partial charge in [0.1, 0.15) is 0 Å². The molecule has 7 nitrogen and oxygen atoms in total. The second-order valence-electron chi connectivity index (χ2n) is 4.70. The summed E-state index contributed by atoms with van der Waals surface area (Å²) in [5.74, 6) is -0.274. The van der Waals surface area contributed by atoms with E-state index in [1.807, 2.05) is 6.92 Å². The van der Waals surface area contributed by atoms with Crippen molar-refractivity contribution in [2.24, 2.45) is 5.41 Å². The quantitative estimate of drug-likeness (QED) is 0.823. The van der Waals surface area contributed by atoms with Gasteiger partial charge in [0, 0.05) is 13.1 Å². The van der Waals surface area contributed by atoms with E-state index in [1.54, 1.807) is 4.90 Å². The highest BCUT2D eigenvalue weighted by Crippen LogP contribution is 2.37. The van der Waals surface area contributed by atoms with Crippen LogP contribution in [0.15, 0.2) is 11.1 Å². The summed E-state index contributed by atoms with van der Waals surface area (Å²) in [5.41, 5.74) is -1.13. The van der Waals surface area contributed by atoms with Crippen molar-refractivity contribution >= 4 is 11.8 Å². The lowest BCUT2D eigenvalue weighted by Crippen LogP contribution is -2.34. The Kier molecular flexibility index (Phi) is 3.46. The zero-order valence-electron chi connectivity index (χ0n) is 11.0. The number of carboxylic acid groups (broad SMARTS) is 1. The molecule has 104 valence electrons. The van der Waals surface area contributed by atoms with Gasteiger partial charge in [-0.05, 0) is 12.8 Å². The number of carbonyl (C=O) groups is 1. The van der Waals surface area contributed by atoms with Crippen molar-refractivity contribution in [2.45, 2.75) is 19.8 Å². The van der Waals surface area contributed by atoms with Crippen LogP contribution in [-0.2, 0) is 4.79 Å². The number of ether oxygens (including phenoxy) is 1. The number of nitrogens with one attached hydrogen (secondary N) is 1. The molecule has 1 aromatic rings. The van der Waals surface area contributed by atoms with Gasteiger partial charge in [0.15, 0.2) is 5.82 Å². The summed E-state index contributed by atoms with van der Waals surface area (Å²) >= 11 is 0. The number of aromatic nitrogens is 2. The molecule has 0 aromatic carbocycles. The normalized spacial score (nSPS) is 22.5. The number of H-pyrrole nitrogens is 1. The average Bonchev–Trinajstić information content (AvgIpc) is 2.84. The molecular formula is C12H17N3O4. The number of anilines is 1. The predicted molar refractivity (Wildman–Crippen MR) is 68.6 cm³/mol. The lowest BCUT2D eigenvalue weighted by Gasteiger charge is -2.24. The number of aromatic amines is 1. The second kappa shape index (κ2) is 4.91. The minimum absolute atomic E-state index is 0.125. The van der Waals surface area contributed by atoms with E-state index in [-0.39, 0.29) is 11.3 Å². The largest absolute Gasteiger partial charge is 0.489 e. The van der Waals surface area contributed by atoms with E-state index in [9.17, 15) is 14.7 Å². The average molecular weight is 267 g/mol. The van der Waals surface area contributed by atoms with Gasteiger partial charge in [-0.25, -0.2) is 4.98 Å². The Morgan fingerprint density at radius 2 is 2.42 bits per heavy atom. The Hall–Kier alpha value is -2.05. The Morgan fingerprint density at radius 1 is 1.68 bits per heavy atom. The Labute approximate surface area is 110 Å². The van der Waals surface area contributed by atoms with Crippen LogP contribution in [0.25, 0.3) is 0 Å². The highest BCUT2D eigenvalue weighted by molar-refractivity contribution is 5.76. The minimum atomic E-state index is -0.804. The lowest BCUT2D eigenvalue weighted by molar-refractivity contribution is -0.147. The molecule has 0 saturated carbocycles. The third kappa shape index (κ3) is 2.16.